The minimum absolute atomic E-state index is 0.101. The number of aryl methyl sites for hydroxylation is 1. The number of aromatic amines is 1. The molecule has 0 bridgehead atoms. The zero-order valence-corrected chi connectivity index (χ0v) is 11.6. The van der Waals surface area contributed by atoms with E-state index in [0.717, 1.165) is 16.6 Å². The molecule has 0 atom stereocenters. The molecule has 0 amide bonds. The Kier molecular flexibility index (Phi) is 3.46. The Morgan fingerprint density at radius 3 is 2.79 bits per heavy atom. The summed E-state index contributed by atoms with van der Waals surface area (Å²) >= 11 is 0. The van der Waals surface area contributed by atoms with Crippen LogP contribution in [0.4, 0.5) is 0 Å². The first-order valence-electron chi connectivity index (χ1n) is 6.14. The fourth-order valence-electron chi connectivity index (χ4n) is 1.74. The van der Waals surface area contributed by atoms with Crippen LogP contribution < -0.4 is 4.74 Å². The molecule has 19 heavy (non-hydrogen) atoms. The predicted octanol–water partition coefficient (Wildman–Crippen LogP) is 2.59. The summed E-state index contributed by atoms with van der Waals surface area (Å²) in [6.07, 6.45) is 0. The van der Waals surface area contributed by atoms with E-state index in [0.29, 0.717) is 5.75 Å². The second kappa shape index (κ2) is 4.91. The van der Waals surface area contributed by atoms with E-state index in [1.807, 2.05) is 45.9 Å². The highest BCUT2D eigenvalue weighted by Gasteiger charge is 2.16. The van der Waals surface area contributed by atoms with E-state index >= 15 is 0 Å². The van der Waals surface area contributed by atoms with Crippen molar-refractivity contribution in [3.63, 3.8) is 0 Å². The van der Waals surface area contributed by atoms with Gasteiger partial charge in [-0.25, -0.2) is 4.79 Å². The van der Waals surface area contributed by atoms with Gasteiger partial charge in [-0.15, -0.1) is 0 Å². The summed E-state index contributed by atoms with van der Waals surface area (Å²) in [4.78, 5) is 11.5. The van der Waals surface area contributed by atoms with Crippen LogP contribution in [0.1, 0.15) is 26.5 Å². The van der Waals surface area contributed by atoms with Crippen LogP contribution in [-0.4, -0.2) is 28.4 Å². The van der Waals surface area contributed by atoms with Crippen molar-refractivity contribution < 1.29 is 14.3 Å². The van der Waals surface area contributed by atoms with E-state index in [-0.39, 0.29) is 12.6 Å². The maximum atomic E-state index is 11.5. The van der Waals surface area contributed by atoms with Gasteiger partial charge in [0, 0.05) is 11.5 Å². The second-order valence-electron chi connectivity index (χ2n) is 5.39. The first kappa shape index (κ1) is 13.4. The van der Waals surface area contributed by atoms with Gasteiger partial charge in [0.15, 0.2) is 6.61 Å². The Balaban J connectivity index is 2.00. The highest BCUT2D eigenvalue weighted by molar-refractivity contribution is 5.82. The molecule has 0 aliphatic rings. The molecule has 0 aliphatic heterocycles. The molecular formula is C14H18N2O3. The molecule has 1 aromatic carbocycles. The molecule has 0 fully saturated rings. The molecule has 0 unspecified atom stereocenters. The van der Waals surface area contributed by atoms with Crippen LogP contribution in [0.15, 0.2) is 18.2 Å². The lowest BCUT2D eigenvalue weighted by molar-refractivity contribution is -0.157. The quantitative estimate of drug-likeness (QED) is 0.863. The molecule has 0 saturated heterocycles. The molecule has 2 aromatic rings. The molecule has 1 N–H and O–H groups in total. The molecule has 5 heteroatoms. The molecule has 0 saturated carbocycles. The average molecular weight is 262 g/mol. The topological polar surface area (TPSA) is 64.2 Å². The lowest BCUT2D eigenvalue weighted by Gasteiger charge is -2.19. The Bertz CT molecular complexity index is 596. The number of hydrogen-bond donors (Lipinski definition) is 1. The molecule has 1 heterocycles. The van der Waals surface area contributed by atoms with Gasteiger partial charge in [-0.3, -0.25) is 5.10 Å². The van der Waals surface area contributed by atoms with Gasteiger partial charge in [0.1, 0.15) is 11.4 Å². The van der Waals surface area contributed by atoms with E-state index in [1.165, 1.54) is 0 Å². The standard InChI is InChI=1S/C14H18N2O3/c1-9-11-6-5-10(7-12(11)16-15-9)18-8-13(17)19-14(2,3)4/h5-7H,8H2,1-4H3,(H,15,16). The molecule has 0 aliphatic carbocycles. The zero-order chi connectivity index (χ0) is 14.0. The third-order valence-electron chi connectivity index (χ3n) is 2.50. The van der Waals surface area contributed by atoms with Crippen LogP contribution in [0.25, 0.3) is 10.9 Å². The maximum Gasteiger partial charge on any atom is 0.344 e. The monoisotopic (exact) mass is 262 g/mol. The number of nitrogens with zero attached hydrogens (tertiary/aromatic N) is 1. The van der Waals surface area contributed by atoms with Gasteiger partial charge in [-0.05, 0) is 39.8 Å². The Morgan fingerprint density at radius 2 is 2.11 bits per heavy atom. The first-order valence-corrected chi connectivity index (χ1v) is 6.14. The van der Waals surface area contributed by atoms with Gasteiger partial charge in [0.25, 0.3) is 0 Å². The van der Waals surface area contributed by atoms with Crippen LogP contribution in [0.3, 0.4) is 0 Å². The predicted molar refractivity (Wildman–Crippen MR) is 72.2 cm³/mol. The van der Waals surface area contributed by atoms with Crippen LogP contribution in [0.2, 0.25) is 0 Å². The fraction of sp³-hybridized carbons (Fsp3) is 0.429. The van der Waals surface area contributed by atoms with Gasteiger partial charge < -0.3 is 9.47 Å². The van der Waals surface area contributed by atoms with Crippen molar-refractivity contribution >= 4 is 16.9 Å². The smallest absolute Gasteiger partial charge is 0.344 e. The molecule has 1 aromatic heterocycles. The largest absolute Gasteiger partial charge is 0.482 e. The third-order valence-corrected chi connectivity index (χ3v) is 2.50. The normalized spacial score (nSPS) is 11.6. The number of rotatable bonds is 3. The van der Waals surface area contributed by atoms with Crippen molar-refractivity contribution in [2.24, 2.45) is 0 Å². The van der Waals surface area contributed by atoms with Gasteiger partial charge in [-0.2, -0.15) is 5.10 Å². The number of fused-ring (bicyclic) bond motifs is 1. The van der Waals surface area contributed by atoms with Gasteiger partial charge in [-0.1, -0.05) is 0 Å². The minimum atomic E-state index is -0.495. The van der Waals surface area contributed by atoms with Gasteiger partial charge >= 0.3 is 5.97 Å². The molecule has 102 valence electrons. The lowest BCUT2D eigenvalue weighted by atomic mass is 10.2. The SMILES string of the molecule is Cc1n[nH]c2cc(OCC(=O)OC(C)(C)C)ccc12. The number of ether oxygens (including phenoxy) is 2. The second-order valence-corrected chi connectivity index (χ2v) is 5.39. The molecular weight excluding hydrogens is 244 g/mol. The highest BCUT2D eigenvalue weighted by Crippen LogP contribution is 2.21. The van der Waals surface area contributed by atoms with Crippen molar-refractivity contribution in [1.29, 1.82) is 0 Å². The summed E-state index contributed by atoms with van der Waals surface area (Å²) in [7, 11) is 0. The van der Waals surface area contributed by atoms with Crippen LogP contribution in [0, 0.1) is 6.92 Å². The summed E-state index contributed by atoms with van der Waals surface area (Å²) in [6.45, 7) is 7.30. The number of benzene rings is 1. The van der Waals surface area contributed by atoms with E-state index in [1.54, 1.807) is 0 Å². The van der Waals surface area contributed by atoms with E-state index in [2.05, 4.69) is 10.2 Å². The molecule has 2 rings (SSSR count). The maximum absolute atomic E-state index is 11.5. The minimum Gasteiger partial charge on any atom is -0.482 e. The molecule has 0 radical (unpaired) electrons. The Morgan fingerprint density at radius 1 is 1.37 bits per heavy atom. The van der Waals surface area contributed by atoms with Crippen molar-refractivity contribution in [1.82, 2.24) is 10.2 Å². The van der Waals surface area contributed by atoms with E-state index in [4.69, 9.17) is 9.47 Å². The van der Waals surface area contributed by atoms with E-state index < -0.39 is 5.60 Å². The van der Waals surface area contributed by atoms with Crippen molar-refractivity contribution in [2.75, 3.05) is 6.61 Å². The average Bonchev–Trinajstić information content (AvgIpc) is 2.66. The summed E-state index contributed by atoms with van der Waals surface area (Å²) < 4.78 is 10.6. The zero-order valence-electron chi connectivity index (χ0n) is 11.6. The molecule has 5 nitrogen and oxygen atoms in total. The summed E-state index contributed by atoms with van der Waals surface area (Å²) in [6, 6.07) is 5.55. The highest BCUT2D eigenvalue weighted by atomic mass is 16.6. The summed E-state index contributed by atoms with van der Waals surface area (Å²) in [5.41, 5.74) is 1.33. The van der Waals surface area contributed by atoms with Crippen LogP contribution >= 0.6 is 0 Å². The number of carbonyl (C=O) groups is 1. The Labute approximate surface area is 111 Å². The van der Waals surface area contributed by atoms with Crippen molar-refractivity contribution in [3.05, 3.63) is 23.9 Å². The number of carbonyl (C=O) groups excluding carboxylic acids is 1. The van der Waals surface area contributed by atoms with Crippen molar-refractivity contribution in [3.8, 4) is 5.75 Å². The number of nitrogens with one attached hydrogen (secondary N) is 1. The lowest BCUT2D eigenvalue weighted by Crippen LogP contribution is -2.27. The van der Waals surface area contributed by atoms with Gasteiger partial charge in [0.2, 0.25) is 0 Å². The van der Waals surface area contributed by atoms with Crippen molar-refractivity contribution in [2.45, 2.75) is 33.3 Å². The number of hydrogen-bond acceptors (Lipinski definition) is 4. The van der Waals surface area contributed by atoms with Crippen LogP contribution in [0.5, 0.6) is 5.75 Å². The molecule has 0 spiro atoms. The Hall–Kier alpha value is -2.04. The van der Waals surface area contributed by atoms with Crippen LogP contribution in [-0.2, 0) is 9.53 Å². The fourth-order valence-corrected chi connectivity index (χ4v) is 1.74. The summed E-state index contributed by atoms with van der Waals surface area (Å²) in [5, 5.41) is 8.06. The number of aromatic nitrogens is 2. The number of esters is 1. The summed E-state index contributed by atoms with van der Waals surface area (Å²) in [5.74, 6) is 0.232. The van der Waals surface area contributed by atoms with E-state index in [9.17, 15) is 4.79 Å². The van der Waals surface area contributed by atoms with Gasteiger partial charge in [0.05, 0.1) is 11.2 Å². The number of H-pyrrole nitrogens is 1. The first-order chi connectivity index (χ1) is 8.85. The third kappa shape index (κ3) is 3.47.